The molecule has 10 nitrogen and oxygen atoms in total. The zero-order valence-corrected chi connectivity index (χ0v) is 24.3. The summed E-state index contributed by atoms with van der Waals surface area (Å²) in [6.45, 7) is 14.3. The van der Waals surface area contributed by atoms with Crippen LogP contribution in [0.5, 0.6) is 0 Å². The molecule has 1 heterocycles. The number of rotatable bonds is 13. The summed E-state index contributed by atoms with van der Waals surface area (Å²) in [5.41, 5.74) is 0.953. The average Bonchev–Trinajstić information content (AvgIpc) is 2.81. The van der Waals surface area contributed by atoms with Gasteiger partial charge >= 0.3 is 5.97 Å². The maximum absolute atomic E-state index is 11.9. The lowest BCUT2D eigenvalue weighted by Crippen LogP contribution is -2.42. The van der Waals surface area contributed by atoms with Gasteiger partial charge < -0.3 is 19.5 Å². The lowest BCUT2D eigenvalue weighted by atomic mass is 9.88. The smallest absolute Gasteiger partial charge is 0.308 e. The number of Topliss-reactive ketones (excluding diaryl/α,β-unsaturated/α-hetero) is 2. The molecule has 218 valence electrons. The first-order chi connectivity index (χ1) is 18.2. The van der Waals surface area contributed by atoms with Gasteiger partial charge in [0, 0.05) is 30.1 Å². The first-order valence-electron chi connectivity index (χ1n) is 13.3. The largest absolute Gasteiger partial charge is 0.460 e. The molecule has 0 saturated carbocycles. The van der Waals surface area contributed by atoms with Crippen LogP contribution in [-0.2, 0) is 28.6 Å². The summed E-state index contributed by atoms with van der Waals surface area (Å²) >= 11 is 0. The van der Waals surface area contributed by atoms with E-state index in [2.05, 4.69) is 10.6 Å². The number of ether oxygens (including phenoxy) is 3. The van der Waals surface area contributed by atoms with Gasteiger partial charge in [0.1, 0.15) is 5.60 Å². The van der Waals surface area contributed by atoms with E-state index in [4.69, 9.17) is 14.2 Å². The molecular formula is C29H44N2O8. The van der Waals surface area contributed by atoms with E-state index in [-0.39, 0.29) is 48.3 Å². The molecule has 1 unspecified atom stereocenters. The van der Waals surface area contributed by atoms with Gasteiger partial charge in [-0.25, -0.2) is 0 Å². The van der Waals surface area contributed by atoms with E-state index in [1.165, 1.54) is 13.8 Å². The van der Waals surface area contributed by atoms with Gasteiger partial charge in [-0.15, -0.1) is 0 Å². The Morgan fingerprint density at radius 3 is 2.18 bits per heavy atom. The number of piperidine rings is 1. The molecule has 2 amide bonds. The van der Waals surface area contributed by atoms with Crippen LogP contribution in [0.25, 0.3) is 0 Å². The number of benzene rings is 1. The zero-order valence-electron chi connectivity index (χ0n) is 24.3. The Kier molecular flexibility index (Phi) is 14.6. The molecule has 1 aromatic carbocycles. The lowest BCUT2D eigenvalue weighted by molar-refractivity contribution is -0.156. The number of nitrogens with one attached hydrogen (secondary N) is 2. The van der Waals surface area contributed by atoms with Crippen LogP contribution >= 0.6 is 0 Å². The molecule has 1 aromatic rings. The maximum atomic E-state index is 11.9. The summed E-state index contributed by atoms with van der Waals surface area (Å²) in [6, 6.07) is 5.16. The lowest BCUT2D eigenvalue weighted by Gasteiger charge is -2.23. The van der Waals surface area contributed by atoms with Crippen molar-refractivity contribution in [3.63, 3.8) is 0 Å². The number of hydrogen-bond acceptors (Lipinski definition) is 9. The highest BCUT2D eigenvalue weighted by molar-refractivity contribution is 6.10. The van der Waals surface area contributed by atoms with Crippen molar-refractivity contribution in [1.29, 1.82) is 0 Å². The fraction of sp³-hybridized carbons (Fsp3) is 0.621. The van der Waals surface area contributed by atoms with Crippen molar-refractivity contribution in [3.05, 3.63) is 29.3 Å². The third kappa shape index (κ3) is 13.5. The Balaban J connectivity index is 0.000000573. The third-order valence-corrected chi connectivity index (χ3v) is 5.69. The molecule has 1 aliphatic rings. The summed E-state index contributed by atoms with van der Waals surface area (Å²) in [5.74, 6) is -0.452. The Labute approximate surface area is 231 Å². The summed E-state index contributed by atoms with van der Waals surface area (Å²) in [4.78, 5) is 56.9. The van der Waals surface area contributed by atoms with E-state index in [1.54, 1.807) is 18.2 Å². The van der Waals surface area contributed by atoms with Crippen LogP contribution in [0.2, 0.25) is 0 Å². The summed E-state index contributed by atoms with van der Waals surface area (Å²) in [6.07, 6.45) is 1.41. The third-order valence-electron chi connectivity index (χ3n) is 5.69. The van der Waals surface area contributed by atoms with Crippen molar-refractivity contribution in [3.8, 4) is 0 Å². The molecule has 1 aliphatic heterocycles. The van der Waals surface area contributed by atoms with Crippen LogP contribution in [0, 0.1) is 11.8 Å². The summed E-state index contributed by atoms with van der Waals surface area (Å²) < 4.78 is 16.0. The number of ketones is 2. The zero-order chi connectivity index (χ0) is 29.6. The molecule has 2 N–H and O–H groups in total. The molecule has 1 saturated heterocycles. The van der Waals surface area contributed by atoms with E-state index in [1.807, 2.05) is 34.6 Å². The van der Waals surface area contributed by atoms with Gasteiger partial charge in [-0.3, -0.25) is 29.3 Å². The van der Waals surface area contributed by atoms with E-state index < -0.39 is 5.60 Å². The Morgan fingerprint density at radius 2 is 1.64 bits per heavy atom. The minimum atomic E-state index is -0.487. The Hall–Kier alpha value is -3.11. The molecular weight excluding hydrogens is 504 g/mol. The SMILES string of the molecule is CC(=O)c1cccc(NCCOCCOCCC(=O)OC(C)(C)C)c1C(C)=O.CC(C)C1CCC(=O)NC1=O. The van der Waals surface area contributed by atoms with Crippen molar-refractivity contribution < 1.29 is 38.2 Å². The maximum Gasteiger partial charge on any atom is 0.308 e. The van der Waals surface area contributed by atoms with Crippen molar-refractivity contribution >= 4 is 35.0 Å². The van der Waals surface area contributed by atoms with Gasteiger partial charge in [-0.1, -0.05) is 26.0 Å². The highest BCUT2D eigenvalue weighted by Crippen LogP contribution is 2.21. The standard InChI is InChI=1S/C21H31NO6.C8H13NO2/c1-15(23)17-7-6-8-18(20(17)16(2)24)22-10-12-27-14-13-26-11-9-19(25)28-21(3,4)5;1-5(2)6-3-4-7(10)9-8(6)11/h6-8,22H,9-14H2,1-5H3;5-6H,3-4H2,1-2H3,(H,9,10,11). The van der Waals surface area contributed by atoms with Crippen LogP contribution in [0.3, 0.4) is 0 Å². The predicted molar refractivity (Wildman–Crippen MR) is 148 cm³/mol. The topological polar surface area (TPSA) is 137 Å². The second-order valence-corrected chi connectivity index (χ2v) is 10.6. The molecule has 0 radical (unpaired) electrons. The van der Waals surface area contributed by atoms with Crippen molar-refractivity contribution in [2.45, 2.75) is 73.3 Å². The molecule has 0 spiro atoms. The van der Waals surface area contributed by atoms with E-state index in [0.29, 0.717) is 61.9 Å². The Morgan fingerprint density at radius 1 is 1.00 bits per heavy atom. The highest BCUT2D eigenvalue weighted by Gasteiger charge is 2.28. The molecule has 10 heteroatoms. The quantitative estimate of drug-likeness (QED) is 0.162. The van der Waals surface area contributed by atoms with Gasteiger partial charge in [-0.2, -0.15) is 0 Å². The van der Waals surface area contributed by atoms with Crippen LogP contribution in [0.15, 0.2) is 18.2 Å². The number of carbonyl (C=O) groups excluding carboxylic acids is 5. The van der Waals surface area contributed by atoms with Crippen LogP contribution in [-0.4, -0.2) is 67.9 Å². The fourth-order valence-corrected chi connectivity index (χ4v) is 3.85. The number of amides is 2. The van der Waals surface area contributed by atoms with Gasteiger partial charge in [0.05, 0.1) is 38.4 Å². The van der Waals surface area contributed by atoms with Gasteiger partial charge in [0.15, 0.2) is 11.6 Å². The number of carbonyl (C=O) groups is 5. The number of esters is 1. The van der Waals surface area contributed by atoms with Crippen molar-refractivity contribution in [2.24, 2.45) is 11.8 Å². The van der Waals surface area contributed by atoms with Crippen molar-refractivity contribution in [2.75, 3.05) is 38.3 Å². The first-order valence-corrected chi connectivity index (χ1v) is 13.3. The average molecular weight is 549 g/mol. The molecule has 2 rings (SSSR count). The van der Waals surface area contributed by atoms with E-state index >= 15 is 0 Å². The monoisotopic (exact) mass is 548 g/mol. The number of hydrogen-bond donors (Lipinski definition) is 2. The molecule has 39 heavy (non-hydrogen) atoms. The van der Waals surface area contributed by atoms with Crippen LogP contribution in [0.4, 0.5) is 5.69 Å². The van der Waals surface area contributed by atoms with Gasteiger partial charge in [0.2, 0.25) is 11.8 Å². The molecule has 1 fully saturated rings. The molecule has 0 aliphatic carbocycles. The predicted octanol–water partition coefficient (Wildman–Crippen LogP) is 3.96. The van der Waals surface area contributed by atoms with Crippen LogP contribution < -0.4 is 10.6 Å². The first kappa shape index (κ1) is 33.9. The van der Waals surface area contributed by atoms with E-state index in [0.717, 1.165) is 0 Å². The normalized spacial score (nSPS) is 15.2. The van der Waals surface area contributed by atoms with E-state index in [9.17, 15) is 24.0 Å². The van der Waals surface area contributed by atoms with Gasteiger partial charge in [0.25, 0.3) is 0 Å². The molecule has 1 atom stereocenters. The minimum Gasteiger partial charge on any atom is -0.460 e. The van der Waals surface area contributed by atoms with Crippen molar-refractivity contribution in [1.82, 2.24) is 5.32 Å². The molecule has 0 aromatic heterocycles. The minimum absolute atomic E-state index is 0.0349. The second kappa shape index (κ2) is 16.8. The summed E-state index contributed by atoms with van der Waals surface area (Å²) in [7, 11) is 0. The van der Waals surface area contributed by atoms with Crippen LogP contribution in [0.1, 0.15) is 88.4 Å². The summed E-state index contributed by atoms with van der Waals surface area (Å²) in [5, 5.41) is 5.46. The highest BCUT2D eigenvalue weighted by atomic mass is 16.6. The second-order valence-electron chi connectivity index (χ2n) is 10.6. The number of anilines is 1. The number of imide groups is 1. The van der Waals surface area contributed by atoms with Gasteiger partial charge in [-0.05, 0) is 53.0 Å². The fourth-order valence-electron chi connectivity index (χ4n) is 3.85. The molecule has 0 bridgehead atoms. The Bertz CT molecular complexity index is 997.